The van der Waals surface area contributed by atoms with Gasteiger partial charge in [-0.3, -0.25) is 4.90 Å². The third-order valence-corrected chi connectivity index (χ3v) is 4.62. The highest BCUT2D eigenvalue weighted by Crippen LogP contribution is 2.54. The van der Waals surface area contributed by atoms with Gasteiger partial charge in [-0.1, -0.05) is 26.0 Å². The molecule has 0 amide bonds. The summed E-state index contributed by atoms with van der Waals surface area (Å²) >= 11 is 0. The summed E-state index contributed by atoms with van der Waals surface area (Å²) < 4.78 is 83.9. The third-order valence-electron chi connectivity index (χ3n) is 4.62. The number of aliphatic hydroxyl groups is 2. The monoisotopic (exact) mass is 375 g/mol. The zero-order valence-corrected chi connectivity index (χ0v) is 13.5. The van der Waals surface area contributed by atoms with Gasteiger partial charge >= 0.3 is 18.1 Å². The number of alkyl halides is 6. The minimum Gasteiger partial charge on any atom is -0.457 e. The van der Waals surface area contributed by atoms with Gasteiger partial charge in [-0.25, -0.2) is 0 Å². The quantitative estimate of drug-likeness (QED) is 0.588. The molecule has 0 aromatic rings. The number of rotatable bonds is 3. The van der Waals surface area contributed by atoms with Crippen LogP contribution in [0.25, 0.3) is 0 Å². The molecule has 2 N–H and O–H groups in total. The second kappa shape index (κ2) is 6.17. The van der Waals surface area contributed by atoms with Gasteiger partial charge in [0, 0.05) is 6.04 Å². The fraction of sp³-hybridized carbons (Fsp3) is 0.733. The number of hydrogen-bond donors (Lipinski definition) is 2. The first-order chi connectivity index (χ1) is 11.3. The van der Waals surface area contributed by atoms with Crippen LogP contribution in [0.4, 0.5) is 26.3 Å². The lowest BCUT2D eigenvalue weighted by molar-refractivity contribution is -0.406. The number of hydrogen-bond acceptors (Lipinski definition) is 4. The van der Waals surface area contributed by atoms with E-state index in [1.54, 1.807) is 18.7 Å². The Morgan fingerprint density at radius 3 is 2.08 bits per heavy atom. The highest BCUT2D eigenvalue weighted by molar-refractivity contribution is 5.29. The van der Waals surface area contributed by atoms with Gasteiger partial charge in [0.1, 0.15) is 5.76 Å². The summed E-state index contributed by atoms with van der Waals surface area (Å²) in [7, 11) is 0. The molecule has 1 aliphatic carbocycles. The van der Waals surface area contributed by atoms with Gasteiger partial charge in [-0.2, -0.15) is 26.3 Å². The molecular weight excluding hydrogens is 356 g/mol. The van der Waals surface area contributed by atoms with Crippen molar-refractivity contribution in [3.63, 3.8) is 0 Å². The Labute approximate surface area is 140 Å². The smallest absolute Gasteiger partial charge is 0.455 e. The predicted octanol–water partition coefficient (Wildman–Crippen LogP) is 2.73. The van der Waals surface area contributed by atoms with Gasteiger partial charge in [0.2, 0.25) is 0 Å². The van der Waals surface area contributed by atoms with Gasteiger partial charge in [0.05, 0.1) is 12.3 Å². The van der Waals surface area contributed by atoms with Crippen molar-refractivity contribution in [2.75, 3.05) is 13.1 Å². The molecular formula is C15H19F6NO3. The van der Waals surface area contributed by atoms with E-state index in [-0.39, 0.29) is 0 Å². The van der Waals surface area contributed by atoms with E-state index < -0.39 is 47.9 Å². The number of ether oxygens (including phenoxy) is 1. The maximum atomic E-state index is 13.4. The maximum absolute atomic E-state index is 13.4. The van der Waals surface area contributed by atoms with Gasteiger partial charge in [-0.05, 0) is 19.2 Å². The Kier molecular flexibility index (Phi) is 4.95. The van der Waals surface area contributed by atoms with Gasteiger partial charge in [0.25, 0.3) is 0 Å². The topological polar surface area (TPSA) is 52.9 Å². The molecule has 0 aromatic carbocycles. The number of halogens is 6. The molecule has 0 bridgehead atoms. The average Bonchev–Trinajstić information content (AvgIpc) is 2.45. The predicted molar refractivity (Wildman–Crippen MR) is 75.1 cm³/mol. The molecule has 1 saturated heterocycles. The standard InChI is InChI=1S/C15H19F6NO3/c1-3-22(4-2)9-5-6-10-11(7-9)25-13(24,15(19,20)21)8-12(10,23)14(16,17)18/h5-7,9-10,23-24H,3-4,8H2,1-2H3/t9?,10-,12-,13+/m0/s1. The second-order valence-electron chi connectivity index (χ2n) is 6.13. The van der Waals surface area contributed by atoms with Crippen LogP contribution in [0.5, 0.6) is 0 Å². The number of nitrogens with zero attached hydrogens (tertiary/aromatic N) is 1. The van der Waals surface area contributed by atoms with Crippen LogP contribution in [0, 0.1) is 5.92 Å². The van der Waals surface area contributed by atoms with Crippen LogP contribution < -0.4 is 0 Å². The van der Waals surface area contributed by atoms with Crippen LogP contribution in [0.3, 0.4) is 0 Å². The minimum absolute atomic E-state index is 0.493. The molecule has 144 valence electrons. The van der Waals surface area contributed by atoms with Crippen molar-refractivity contribution in [2.45, 2.75) is 50.1 Å². The minimum atomic E-state index is -5.51. The SMILES string of the molecule is CCN(CC)C1C=C[C@H]2C(=C1)O[C@@](O)(C(F)(F)F)C[C@@]2(O)C(F)(F)F. The summed E-state index contributed by atoms with van der Waals surface area (Å²) in [5.41, 5.74) is -3.80. The Morgan fingerprint density at radius 1 is 1.08 bits per heavy atom. The molecule has 25 heavy (non-hydrogen) atoms. The lowest BCUT2D eigenvalue weighted by Gasteiger charge is -2.49. The second-order valence-corrected chi connectivity index (χ2v) is 6.13. The van der Waals surface area contributed by atoms with Crippen molar-refractivity contribution in [2.24, 2.45) is 5.92 Å². The lowest BCUT2D eigenvalue weighted by Crippen LogP contribution is -2.65. The molecule has 1 unspecified atom stereocenters. The summed E-state index contributed by atoms with van der Waals surface area (Å²) in [6.07, 6.45) is -9.53. The zero-order chi connectivity index (χ0) is 19.3. The highest BCUT2D eigenvalue weighted by Gasteiger charge is 2.72. The molecule has 1 fully saturated rings. The number of likely N-dealkylation sites (N-methyl/N-ethyl adjacent to an activating group) is 1. The summed E-state index contributed by atoms with van der Waals surface area (Å²) in [4.78, 5) is 1.76. The molecule has 1 heterocycles. The first-order valence-corrected chi connectivity index (χ1v) is 7.70. The van der Waals surface area contributed by atoms with E-state index in [2.05, 4.69) is 4.74 Å². The highest BCUT2D eigenvalue weighted by atomic mass is 19.4. The van der Waals surface area contributed by atoms with Crippen molar-refractivity contribution < 1.29 is 41.3 Å². The first-order valence-electron chi connectivity index (χ1n) is 7.70. The summed E-state index contributed by atoms with van der Waals surface area (Å²) in [5, 5.41) is 19.8. The van der Waals surface area contributed by atoms with E-state index >= 15 is 0 Å². The molecule has 0 radical (unpaired) electrons. The van der Waals surface area contributed by atoms with E-state index in [0.717, 1.165) is 12.2 Å². The van der Waals surface area contributed by atoms with Crippen molar-refractivity contribution in [3.05, 3.63) is 24.0 Å². The van der Waals surface area contributed by atoms with Crippen LogP contribution in [0.2, 0.25) is 0 Å². The zero-order valence-electron chi connectivity index (χ0n) is 13.5. The molecule has 4 nitrogen and oxygen atoms in total. The van der Waals surface area contributed by atoms with Crippen molar-refractivity contribution in [1.82, 2.24) is 4.90 Å². The Hall–Kier alpha value is -1.26. The van der Waals surface area contributed by atoms with Gasteiger partial charge in [-0.15, -0.1) is 0 Å². The molecule has 10 heteroatoms. The summed E-state index contributed by atoms with van der Waals surface area (Å²) in [5.74, 6) is -6.73. The van der Waals surface area contributed by atoms with Crippen LogP contribution in [-0.4, -0.2) is 58.0 Å². The molecule has 0 saturated carbocycles. The average molecular weight is 375 g/mol. The first kappa shape index (κ1) is 20.1. The van der Waals surface area contributed by atoms with Gasteiger partial charge in [0.15, 0.2) is 5.60 Å². The van der Waals surface area contributed by atoms with Crippen LogP contribution >= 0.6 is 0 Å². The third kappa shape index (κ3) is 3.26. The molecule has 2 aliphatic rings. The molecule has 0 aromatic heterocycles. The molecule has 0 spiro atoms. The Balaban J connectivity index is 2.52. The van der Waals surface area contributed by atoms with E-state index in [4.69, 9.17) is 0 Å². The van der Waals surface area contributed by atoms with Crippen LogP contribution in [0.15, 0.2) is 24.0 Å². The Bertz CT molecular complexity index is 569. The maximum Gasteiger partial charge on any atom is 0.455 e. The molecule has 4 atom stereocenters. The fourth-order valence-corrected chi connectivity index (χ4v) is 3.15. The van der Waals surface area contributed by atoms with E-state index in [9.17, 15) is 36.6 Å². The van der Waals surface area contributed by atoms with Crippen LogP contribution in [0.1, 0.15) is 20.3 Å². The molecule has 2 rings (SSSR count). The lowest BCUT2D eigenvalue weighted by atomic mass is 9.74. The van der Waals surface area contributed by atoms with E-state index in [0.29, 0.717) is 13.1 Å². The van der Waals surface area contributed by atoms with Crippen molar-refractivity contribution in [1.29, 1.82) is 0 Å². The Morgan fingerprint density at radius 2 is 1.64 bits per heavy atom. The van der Waals surface area contributed by atoms with Crippen molar-refractivity contribution >= 4 is 0 Å². The van der Waals surface area contributed by atoms with E-state index in [1.165, 1.54) is 6.08 Å². The normalized spacial score (nSPS) is 36.0. The summed E-state index contributed by atoms with van der Waals surface area (Å²) in [6.45, 7) is 4.55. The summed E-state index contributed by atoms with van der Waals surface area (Å²) in [6, 6.07) is -0.602. The van der Waals surface area contributed by atoms with Gasteiger partial charge < -0.3 is 14.9 Å². The largest absolute Gasteiger partial charge is 0.457 e. The van der Waals surface area contributed by atoms with E-state index in [1.807, 2.05) is 0 Å². The number of fused-ring (bicyclic) bond motifs is 1. The molecule has 1 aliphatic heterocycles. The van der Waals surface area contributed by atoms with Crippen LogP contribution in [-0.2, 0) is 4.74 Å². The fourth-order valence-electron chi connectivity index (χ4n) is 3.15. The van der Waals surface area contributed by atoms with Crippen molar-refractivity contribution in [3.8, 4) is 0 Å².